The molecule has 27 heavy (non-hydrogen) atoms. The maximum absolute atomic E-state index is 11.6. The summed E-state index contributed by atoms with van der Waals surface area (Å²) in [6.45, 7) is 4.50. The number of rotatable bonds is 16. The molecule has 0 bridgehead atoms. The van der Waals surface area contributed by atoms with Crippen LogP contribution in [0.4, 0.5) is 0 Å². The van der Waals surface area contributed by atoms with Gasteiger partial charge in [0.15, 0.2) is 5.75 Å². The zero-order chi connectivity index (χ0) is 20.0. The first-order valence-electron chi connectivity index (χ1n) is 10.8. The van der Waals surface area contributed by atoms with Crippen molar-refractivity contribution < 1.29 is 9.42 Å². The van der Waals surface area contributed by atoms with Crippen LogP contribution in [-0.4, -0.2) is 0 Å². The highest BCUT2D eigenvalue weighted by Crippen LogP contribution is 2.46. The van der Waals surface area contributed by atoms with Gasteiger partial charge in [-0.1, -0.05) is 84.1 Å². The van der Waals surface area contributed by atoms with Crippen LogP contribution in [0.3, 0.4) is 0 Å². The fourth-order valence-corrected chi connectivity index (χ4v) is 4.34. The summed E-state index contributed by atoms with van der Waals surface area (Å²) in [5.41, 5.74) is 2.71. The first kappa shape index (κ1) is 25.1. The summed E-state index contributed by atoms with van der Waals surface area (Å²) in [6, 6.07) is 6.01. The predicted molar refractivity (Wildman–Crippen MR) is 123 cm³/mol. The lowest BCUT2D eigenvalue weighted by Gasteiger charge is -2.42. The average molecular weight is 429 g/mol. The Kier molecular flexibility index (Phi) is 14.0. The van der Waals surface area contributed by atoms with E-state index in [0.717, 1.165) is 12.8 Å². The molecule has 0 heterocycles. The van der Waals surface area contributed by atoms with Gasteiger partial charge < -0.3 is 33.9 Å². The Balaban J connectivity index is 2.58. The van der Waals surface area contributed by atoms with Gasteiger partial charge in [0, 0.05) is 0 Å². The normalized spacial score (nSPS) is 11.7. The van der Waals surface area contributed by atoms with Crippen molar-refractivity contribution in [3.8, 4) is 5.75 Å². The minimum absolute atomic E-state index is 0.566. The fourth-order valence-electron chi connectivity index (χ4n) is 3.46. The van der Waals surface area contributed by atoms with Crippen molar-refractivity contribution in [3.63, 3.8) is 0 Å². The average Bonchev–Trinajstić information content (AvgIpc) is 2.61. The van der Waals surface area contributed by atoms with E-state index in [9.17, 15) is 4.89 Å². The van der Waals surface area contributed by atoms with Gasteiger partial charge in [-0.3, -0.25) is 0 Å². The van der Waals surface area contributed by atoms with Gasteiger partial charge in [0.1, 0.15) is 0 Å². The molecule has 0 unspecified atom stereocenters. The standard InChI is InChI=1S/C22H39O2PS2/c1-3-5-7-9-11-13-15-20-17-18-22(24-25(23,26)27)19-21(20)16-14-12-10-8-6-4-2/h17-19H,3-16H2,1-2H3,(H2,23,26,27)/p-2. The van der Waals surface area contributed by atoms with E-state index in [4.69, 9.17) is 29.0 Å². The Bertz CT molecular complexity index is 504. The summed E-state index contributed by atoms with van der Waals surface area (Å²) in [5, 5.41) is 0. The molecule has 0 aliphatic carbocycles. The molecule has 0 saturated carbocycles. The van der Waals surface area contributed by atoms with Crippen molar-refractivity contribution in [2.45, 2.75) is 104 Å². The third kappa shape index (κ3) is 13.0. The van der Waals surface area contributed by atoms with E-state index in [-0.39, 0.29) is 0 Å². The first-order chi connectivity index (χ1) is 13.0. The zero-order valence-corrected chi connectivity index (χ0v) is 19.7. The molecule has 1 aromatic rings. The van der Waals surface area contributed by atoms with Crippen molar-refractivity contribution in [2.75, 3.05) is 0 Å². The number of unbranched alkanes of at least 4 members (excludes halogenated alkanes) is 10. The molecule has 0 saturated heterocycles. The third-order valence-electron chi connectivity index (χ3n) is 4.99. The van der Waals surface area contributed by atoms with E-state index in [1.165, 1.54) is 88.2 Å². The number of hydrogen-bond donors (Lipinski definition) is 0. The predicted octanol–water partition coefficient (Wildman–Crippen LogP) is 7.00. The lowest BCUT2D eigenvalue weighted by Crippen LogP contribution is -2.09. The summed E-state index contributed by atoms with van der Waals surface area (Å²) in [5.74, 6) is 0.566. The Labute approximate surface area is 178 Å². The quantitative estimate of drug-likeness (QED) is 0.161. The monoisotopic (exact) mass is 428 g/mol. The van der Waals surface area contributed by atoms with Gasteiger partial charge in [-0.05, 0) is 48.9 Å². The molecule has 5 heteroatoms. The van der Waals surface area contributed by atoms with Crippen LogP contribution < -0.4 is 9.42 Å². The number of aryl methyl sites for hydroxylation is 2. The first-order valence-corrected chi connectivity index (χ1v) is 14.4. The van der Waals surface area contributed by atoms with Crippen molar-refractivity contribution in [2.24, 2.45) is 0 Å². The Morgan fingerprint density at radius 2 is 1.22 bits per heavy atom. The van der Waals surface area contributed by atoms with Gasteiger partial charge in [-0.2, -0.15) is 0 Å². The minimum atomic E-state index is -3.34. The topological polar surface area (TPSA) is 32.3 Å². The maximum atomic E-state index is 11.6. The third-order valence-corrected chi connectivity index (χ3v) is 5.88. The van der Waals surface area contributed by atoms with Crippen LogP contribution in [0.2, 0.25) is 0 Å². The molecule has 0 N–H and O–H groups in total. The molecule has 156 valence electrons. The van der Waals surface area contributed by atoms with E-state index in [1.807, 2.05) is 12.1 Å². The summed E-state index contributed by atoms with van der Waals surface area (Å²) >= 11 is 9.52. The molecule has 0 aliphatic heterocycles. The highest BCUT2D eigenvalue weighted by Gasteiger charge is 2.08. The van der Waals surface area contributed by atoms with Crippen LogP contribution in [-0.2, 0) is 37.3 Å². The molecule has 0 aromatic heterocycles. The molecule has 2 nitrogen and oxygen atoms in total. The molecule has 0 amide bonds. The van der Waals surface area contributed by atoms with Gasteiger partial charge in [-0.15, -0.1) is 6.12 Å². The zero-order valence-electron chi connectivity index (χ0n) is 17.2. The van der Waals surface area contributed by atoms with Gasteiger partial charge >= 0.3 is 0 Å². The van der Waals surface area contributed by atoms with E-state index in [2.05, 4.69) is 19.9 Å². The van der Waals surface area contributed by atoms with Crippen LogP contribution in [0.1, 0.15) is 102 Å². The SMILES string of the molecule is CCCCCCCCc1ccc(O[P+]([O-])([S-])[S-])cc1CCCCCCCC. The second-order valence-electron chi connectivity index (χ2n) is 7.50. The summed E-state index contributed by atoms with van der Waals surface area (Å²) < 4.78 is 5.31. The lowest BCUT2D eigenvalue weighted by molar-refractivity contribution is -0.169. The summed E-state index contributed by atoms with van der Waals surface area (Å²) in [7, 11) is 0. The molecule has 0 spiro atoms. The van der Waals surface area contributed by atoms with E-state index in [1.54, 1.807) is 0 Å². The molecule has 1 rings (SSSR count). The van der Waals surface area contributed by atoms with Gasteiger partial charge in [-0.25, -0.2) is 0 Å². The van der Waals surface area contributed by atoms with E-state index < -0.39 is 6.12 Å². The molecular weight excluding hydrogens is 391 g/mol. The number of hydrogen-bond acceptors (Lipinski definition) is 4. The van der Waals surface area contributed by atoms with E-state index in [0.29, 0.717) is 5.75 Å². The van der Waals surface area contributed by atoms with Gasteiger partial charge in [0.05, 0.1) is 0 Å². The van der Waals surface area contributed by atoms with E-state index >= 15 is 0 Å². The Hall–Kier alpha value is 0.110. The molecule has 0 fully saturated rings. The maximum Gasteiger partial charge on any atom is 0.168 e. The largest absolute Gasteiger partial charge is 0.682 e. The summed E-state index contributed by atoms with van der Waals surface area (Å²) in [4.78, 5) is 11.6. The van der Waals surface area contributed by atoms with Crippen LogP contribution in [0.25, 0.3) is 0 Å². The van der Waals surface area contributed by atoms with Crippen LogP contribution in [0.15, 0.2) is 18.2 Å². The second-order valence-corrected chi connectivity index (χ2v) is 12.2. The second kappa shape index (κ2) is 15.0. The van der Waals surface area contributed by atoms with Crippen molar-refractivity contribution in [1.29, 1.82) is 0 Å². The molecule has 1 aromatic carbocycles. The van der Waals surface area contributed by atoms with Crippen LogP contribution in [0.5, 0.6) is 5.75 Å². The van der Waals surface area contributed by atoms with Crippen molar-refractivity contribution >= 4 is 30.6 Å². The summed E-state index contributed by atoms with van der Waals surface area (Å²) in [6.07, 6.45) is 14.4. The Morgan fingerprint density at radius 3 is 1.74 bits per heavy atom. The molecule has 0 aliphatic rings. The lowest BCUT2D eigenvalue weighted by atomic mass is 9.96. The number of benzene rings is 1. The molecule has 0 radical (unpaired) electrons. The highest BCUT2D eigenvalue weighted by atomic mass is 33.1. The minimum Gasteiger partial charge on any atom is -0.682 e. The van der Waals surface area contributed by atoms with Gasteiger partial charge in [0.25, 0.3) is 0 Å². The Morgan fingerprint density at radius 1 is 0.741 bits per heavy atom. The highest BCUT2D eigenvalue weighted by molar-refractivity contribution is 8.69. The fraction of sp³-hybridized carbons (Fsp3) is 0.727. The van der Waals surface area contributed by atoms with Crippen molar-refractivity contribution in [3.05, 3.63) is 29.3 Å². The van der Waals surface area contributed by atoms with Crippen LogP contribution >= 0.6 is 6.12 Å². The van der Waals surface area contributed by atoms with Crippen LogP contribution in [0, 0.1) is 0 Å². The smallest absolute Gasteiger partial charge is 0.168 e. The molecular formula is C22H37O2PS2-2. The van der Waals surface area contributed by atoms with Gasteiger partial charge in [0.2, 0.25) is 0 Å². The van der Waals surface area contributed by atoms with Crippen molar-refractivity contribution in [1.82, 2.24) is 0 Å². The molecule has 0 atom stereocenters.